The fourth-order valence-corrected chi connectivity index (χ4v) is 3.66. The number of nitriles is 1. The van der Waals surface area contributed by atoms with Gasteiger partial charge in [0.2, 0.25) is 17.7 Å². The molecule has 0 atom stereocenters. The Bertz CT molecular complexity index is 975. The Morgan fingerprint density at radius 1 is 1.39 bits per heavy atom. The Morgan fingerprint density at radius 2 is 2.10 bits per heavy atom. The van der Waals surface area contributed by atoms with E-state index in [1.165, 1.54) is 6.20 Å². The van der Waals surface area contributed by atoms with Crippen LogP contribution in [0.4, 0.5) is 11.6 Å². The summed E-state index contributed by atoms with van der Waals surface area (Å²) in [5.41, 5.74) is 0.659. The molecule has 9 nitrogen and oxygen atoms in total. The Balaban J connectivity index is 1.61. The van der Waals surface area contributed by atoms with E-state index in [1.807, 2.05) is 6.92 Å². The first-order chi connectivity index (χ1) is 14.7. The van der Waals surface area contributed by atoms with E-state index in [0.717, 1.165) is 31.4 Å². The number of aryl methyl sites for hydroxylation is 1. The topological polar surface area (TPSA) is 118 Å². The Hall–Kier alpha value is -2.86. The molecule has 0 bridgehead atoms. The van der Waals surface area contributed by atoms with E-state index in [2.05, 4.69) is 31.8 Å². The van der Waals surface area contributed by atoms with E-state index < -0.39 is 5.54 Å². The van der Waals surface area contributed by atoms with Crippen LogP contribution >= 0.6 is 11.6 Å². The van der Waals surface area contributed by atoms with Gasteiger partial charge in [-0.05, 0) is 52.4 Å². The summed E-state index contributed by atoms with van der Waals surface area (Å²) in [6.07, 6.45) is 7.10. The van der Waals surface area contributed by atoms with Crippen LogP contribution in [-0.2, 0) is 10.3 Å². The molecule has 0 unspecified atom stereocenters. The number of nitrogens with one attached hydrogen (secondary N) is 2. The number of nitrogens with zero attached hydrogens (tertiary/aromatic N) is 5. The minimum absolute atomic E-state index is 0.0180. The lowest BCUT2D eigenvalue weighted by molar-refractivity contribution is -0.119. The highest BCUT2D eigenvalue weighted by molar-refractivity contribution is 6.31. The van der Waals surface area contributed by atoms with Crippen LogP contribution in [0.25, 0.3) is 0 Å². The summed E-state index contributed by atoms with van der Waals surface area (Å²) < 4.78 is 7.51. The van der Waals surface area contributed by atoms with E-state index >= 15 is 0 Å². The van der Waals surface area contributed by atoms with Gasteiger partial charge in [0.1, 0.15) is 10.6 Å². The molecule has 31 heavy (non-hydrogen) atoms. The van der Waals surface area contributed by atoms with Crippen LogP contribution in [-0.4, -0.2) is 38.3 Å². The number of halogens is 1. The standard InChI is InChI=1S/C21H28ClN7O2/c1-13-18(10-29(28-13)21(3,4)12-23)26-20-24-9-17(22)19(27-20)31-11-15-5-7-16(8-6-15)25-14(2)30/h9-10,15-16H,5-8,11H2,1-4H3,(H,25,30)(H,24,26,27)/t15-,16-. The predicted molar refractivity (Wildman–Crippen MR) is 117 cm³/mol. The quantitative estimate of drug-likeness (QED) is 0.666. The first kappa shape index (κ1) is 22.8. The number of ether oxygens (including phenoxy) is 1. The number of carbonyl (C=O) groups excluding carboxylic acids is 1. The maximum Gasteiger partial charge on any atom is 0.237 e. The molecule has 0 spiro atoms. The van der Waals surface area contributed by atoms with Gasteiger partial charge in [-0.1, -0.05) is 11.6 Å². The molecule has 1 aliphatic carbocycles. The summed E-state index contributed by atoms with van der Waals surface area (Å²) in [5.74, 6) is 1.07. The highest BCUT2D eigenvalue weighted by atomic mass is 35.5. The van der Waals surface area contributed by atoms with Crippen molar-refractivity contribution in [3.05, 3.63) is 23.1 Å². The fourth-order valence-electron chi connectivity index (χ4n) is 3.51. The summed E-state index contributed by atoms with van der Waals surface area (Å²) in [6, 6.07) is 2.47. The van der Waals surface area contributed by atoms with Crippen LogP contribution in [0.15, 0.2) is 12.4 Å². The van der Waals surface area contributed by atoms with Gasteiger partial charge >= 0.3 is 0 Å². The monoisotopic (exact) mass is 445 g/mol. The molecule has 0 radical (unpaired) electrons. The Morgan fingerprint density at radius 3 is 2.74 bits per heavy atom. The molecule has 2 aromatic rings. The first-order valence-corrected chi connectivity index (χ1v) is 10.7. The zero-order chi connectivity index (χ0) is 22.6. The van der Waals surface area contributed by atoms with Gasteiger partial charge in [-0.2, -0.15) is 15.3 Å². The minimum atomic E-state index is -0.765. The molecule has 2 N–H and O–H groups in total. The Labute approximate surface area is 187 Å². The summed E-state index contributed by atoms with van der Waals surface area (Å²) in [6.45, 7) is 7.48. The highest BCUT2D eigenvalue weighted by Crippen LogP contribution is 2.29. The highest BCUT2D eigenvalue weighted by Gasteiger charge is 2.24. The van der Waals surface area contributed by atoms with Gasteiger partial charge in [0.05, 0.1) is 36.5 Å². The third-order valence-electron chi connectivity index (χ3n) is 5.41. The smallest absolute Gasteiger partial charge is 0.237 e. The molecule has 0 aromatic carbocycles. The van der Waals surface area contributed by atoms with E-state index in [0.29, 0.717) is 35.1 Å². The van der Waals surface area contributed by atoms with Crippen LogP contribution in [0.5, 0.6) is 5.88 Å². The number of hydrogen-bond acceptors (Lipinski definition) is 7. The second kappa shape index (κ2) is 9.52. The maximum absolute atomic E-state index is 11.2. The molecule has 10 heteroatoms. The van der Waals surface area contributed by atoms with Crippen molar-refractivity contribution < 1.29 is 9.53 Å². The number of amides is 1. The molecule has 1 amide bonds. The maximum atomic E-state index is 11.2. The summed E-state index contributed by atoms with van der Waals surface area (Å²) in [5, 5.41) is 20.2. The predicted octanol–water partition coefficient (Wildman–Crippen LogP) is 3.71. The van der Waals surface area contributed by atoms with Crippen LogP contribution in [0.1, 0.15) is 52.1 Å². The molecule has 0 saturated heterocycles. The first-order valence-electron chi connectivity index (χ1n) is 10.4. The largest absolute Gasteiger partial charge is 0.476 e. The molecule has 1 aliphatic rings. The molecule has 166 valence electrons. The van der Waals surface area contributed by atoms with Crippen LogP contribution < -0.4 is 15.4 Å². The van der Waals surface area contributed by atoms with Gasteiger partial charge in [0.25, 0.3) is 0 Å². The molecule has 2 heterocycles. The number of anilines is 2. The summed E-state index contributed by atoms with van der Waals surface area (Å²) in [7, 11) is 0. The van der Waals surface area contributed by atoms with Gasteiger partial charge in [-0.25, -0.2) is 4.98 Å². The molecular formula is C21H28ClN7O2. The van der Waals surface area contributed by atoms with Crippen molar-refractivity contribution in [1.82, 2.24) is 25.1 Å². The number of rotatable bonds is 7. The van der Waals surface area contributed by atoms with Crippen molar-refractivity contribution in [1.29, 1.82) is 5.26 Å². The molecular weight excluding hydrogens is 418 g/mol. The van der Waals surface area contributed by atoms with E-state index in [9.17, 15) is 10.1 Å². The lowest BCUT2D eigenvalue weighted by Crippen LogP contribution is -2.37. The average molecular weight is 446 g/mol. The van der Waals surface area contributed by atoms with Crippen LogP contribution in [0, 0.1) is 24.2 Å². The second-order valence-electron chi connectivity index (χ2n) is 8.44. The zero-order valence-corrected chi connectivity index (χ0v) is 19.0. The van der Waals surface area contributed by atoms with E-state index in [1.54, 1.807) is 31.6 Å². The third-order valence-corrected chi connectivity index (χ3v) is 5.67. The van der Waals surface area contributed by atoms with Gasteiger partial charge in [-0.3, -0.25) is 9.48 Å². The van der Waals surface area contributed by atoms with Gasteiger partial charge in [-0.15, -0.1) is 0 Å². The van der Waals surface area contributed by atoms with Crippen molar-refractivity contribution in [2.24, 2.45) is 5.92 Å². The van der Waals surface area contributed by atoms with Crippen molar-refractivity contribution in [2.45, 2.75) is 65.0 Å². The molecule has 1 fully saturated rings. The average Bonchev–Trinajstić information content (AvgIpc) is 3.10. The number of hydrogen-bond donors (Lipinski definition) is 2. The lowest BCUT2D eigenvalue weighted by Gasteiger charge is -2.28. The molecule has 2 aromatic heterocycles. The van der Waals surface area contributed by atoms with Crippen LogP contribution in [0.2, 0.25) is 5.02 Å². The van der Waals surface area contributed by atoms with Crippen LogP contribution in [0.3, 0.4) is 0 Å². The molecule has 3 rings (SSSR count). The van der Waals surface area contributed by atoms with E-state index in [4.69, 9.17) is 16.3 Å². The van der Waals surface area contributed by atoms with Gasteiger partial charge in [0.15, 0.2) is 0 Å². The van der Waals surface area contributed by atoms with Crippen molar-refractivity contribution in [3.8, 4) is 11.9 Å². The number of aromatic nitrogens is 4. The minimum Gasteiger partial charge on any atom is -0.476 e. The van der Waals surface area contributed by atoms with Gasteiger partial charge < -0.3 is 15.4 Å². The third kappa shape index (κ3) is 5.85. The number of carbonyl (C=O) groups is 1. The summed E-state index contributed by atoms with van der Waals surface area (Å²) in [4.78, 5) is 19.8. The molecule has 0 aliphatic heterocycles. The van der Waals surface area contributed by atoms with E-state index in [-0.39, 0.29) is 11.9 Å². The summed E-state index contributed by atoms with van der Waals surface area (Å²) >= 11 is 6.23. The van der Waals surface area contributed by atoms with Crippen molar-refractivity contribution >= 4 is 29.1 Å². The SMILES string of the molecule is CC(=O)N[C@H]1CC[C@H](COc2nc(Nc3cn(C(C)(C)C#N)nc3C)ncc2Cl)CC1. The van der Waals surface area contributed by atoms with Crippen molar-refractivity contribution in [2.75, 3.05) is 11.9 Å². The lowest BCUT2D eigenvalue weighted by atomic mass is 9.86. The zero-order valence-electron chi connectivity index (χ0n) is 18.3. The van der Waals surface area contributed by atoms with Crippen molar-refractivity contribution in [3.63, 3.8) is 0 Å². The Kier molecular flexibility index (Phi) is 7.01. The molecule has 1 saturated carbocycles. The fraction of sp³-hybridized carbons (Fsp3) is 0.571. The van der Waals surface area contributed by atoms with Gasteiger partial charge in [0, 0.05) is 13.0 Å². The second-order valence-corrected chi connectivity index (χ2v) is 8.85. The normalized spacial score (nSPS) is 18.8.